The Labute approximate surface area is 99.0 Å². The summed E-state index contributed by atoms with van der Waals surface area (Å²) in [5, 5.41) is 0. The SMILES string of the molecule is C=CCCC(=O)N(C#CC)CCC/C=C/C. The number of hydrogen-bond donors (Lipinski definition) is 0. The van der Waals surface area contributed by atoms with Crippen molar-refractivity contribution in [1.82, 2.24) is 4.90 Å². The van der Waals surface area contributed by atoms with Crippen molar-refractivity contribution in [3.63, 3.8) is 0 Å². The average Bonchev–Trinajstić information content (AvgIpc) is 2.30. The summed E-state index contributed by atoms with van der Waals surface area (Å²) < 4.78 is 0. The molecule has 0 heterocycles. The Morgan fingerprint density at radius 2 is 2.19 bits per heavy atom. The van der Waals surface area contributed by atoms with Crippen LogP contribution in [0.25, 0.3) is 0 Å². The fourth-order valence-corrected chi connectivity index (χ4v) is 1.27. The van der Waals surface area contributed by atoms with Crippen molar-refractivity contribution in [3.05, 3.63) is 24.8 Å². The van der Waals surface area contributed by atoms with Crippen LogP contribution in [-0.2, 0) is 4.79 Å². The van der Waals surface area contributed by atoms with Crippen molar-refractivity contribution in [1.29, 1.82) is 0 Å². The van der Waals surface area contributed by atoms with E-state index in [1.54, 1.807) is 17.9 Å². The number of carbonyl (C=O) groups is 1. The largest absolute Gasteiger partial charge is 0.274 e. The van der Waals surface area contributed by atoms with Crippen molar-refractivity contribution >= 4 is 5.91 Å². The van der Waals surface area contributed by atoms with Gasteiger partial charge >= 0.3 is 0 Å². The quantitative estimate of drug-likeness (QED) is 0.279. The van der Waals surface area contributed by atoms with E-state index in [0.29, 0.717) is 13.0 Å². The second-order valence-electron chi connectivity index (χ2n) is 3.45. The minimum absolute atomic E-state index is 0.0923. The molecule has 0 unspecified atom stereocenters. The molecule has 0 aromatic rings. The minimum Gasteiger partial charge on any atom is -0.274 e. The molecule has 0 aliphatic rings. The summed E-state index contributed by atoms with van der Waals surface area (Å²) in [6.07, 6.45) is 9.06. The van der Waals surface area contributed by atoms with Crippen LogP contribution in [0, 0.1) is 12.0 Å². The van der Waals surface area contributed by atoms with E-state index in [-0.39, 0.29) is 5.91 Å². The Morgan fingerprint density at radius 3 is 2.75 bits per heavy atom. The zero-order valence-electron chi connectivity index (χ0n) is 10.3. The van der Waals surface area contributed by atoms with E-state index in [1.165, 1.54) is 0 Å². The molecular formula is C14H21NO. The van der Waals surface area contributed by atoms with Crippen molar-refractivity contribution in [3.8, 4) is 12.0 Å². The van der Waals surface area contributed by atoms with Gasteiger partial charge in [0.15, 0.2) is 0 Å². The lowest BCUT2D eigenvalue weighted by molar-refractivity contribution is -0.128. The molecule has 88 valence electrons. The van der Waals surface area contributed by atoms with Crippen LogP contribution in [0.15, 0.2) is 24.8 Å². The smallest absolute Gasteiger partial charge is 0.234 e. The molecule has 0 aliphatic carbocycles. The maximum absolute atomic E-state index is 11.7. The van der Waals surface area contributed by atoms with Gasteiger partial charge in [-0.25, -0.2) is 0 Å². The first-order valence-electron chi connectivity index (χ1n) is 5.71. The molecule has 0 N–H and O–H groups in total. The Morgan fingerprint density at radius 1 is 1.44 bits per heavy atom. The van der Waals surface area contributed by atoms with Crippen LogP contribution in [0.2, 0.25) is 0 Å². The Balaban J connectivity index is 4.08. The number of unbranched alkanes of at least 4 members (excludes halogenated alkanes) is 1. The van der Waals surface area contributed by atoms with Crippen molar-refractivity contribution in [2.75, 3.05) is 6.54 Å². The number of nitrogens with zero attached hydrogens (tertiary/aromatic N) is 1. The first-order chi connectivity index (χ1) is 7.76. The van der Waals surface area contributed by atoms with E-state index in [9.17, 15) is 4.79 Å². The maximum Gasteiger partial charge on any atom is 0.234 e. The van der Waals surface area contributed by atoms with Crippen LogP contribution in [0.5, 0.6) is 0 Å². The van der Waals surface area contributed by atoms with Gasteiger partial charge in [0.05, 0.1) is 0 Å². The lowest BCUT2D eigenvalue weighted by Crippen LogP contribution is -2.26. The number of hydrogen-bond acceptors (Lipinski definition) is 1. The van der Waals surface area contributed by atoms with Gasteiger partial charge in [-0.1, -0.05) is 24.1 Å². The van der Waals surface area contributed by atoms with Gasteiger partial charge in [-0.3, -0.25) is 9.69 Å². The third-order valence-electron chi connectivity index (χ3n) is 2.10. The third-order valence-corrected chi connectivity index (χ3v) is 2.10. The number of carbonyl (C=O) groups excluding carboxylic acids is 1. The number of amides is 1. The third kappa shape index (κ3) is 6.89. The van der Waals surface area contributed by atoms with E-state index in [4.69, 9.17) is 0 Å². The van der Waals surface area contributed by atoms with E-state index >= 15 is 0 Å². The zero-order valence-corrected chi connectivity index (χ0v) is 10.3. The van der Waals surface area contributed by atoms with Gasteiger partial charge in [0, 0.05) is 19.0 Å². The molecule has 0 rings (SSSR count). The second kappa shape index (κ2) is 10.0. The van der Waals surface area contributed by atoms with Gasteiger partial charge in [-0.15, -0.1) is 6.58 Å². The van der Waals surface area contributed by atoms with E-state index in [2.05, 4.69) is 24.6 Å². The number of allylic oxidation sites excluding steroid dienone is 3. The molecule has 0 aromatic heterocycles. The molecule has 1 amide bonds. The van der Waals surface area contributed by atoms with Crippen molar-refractivity contribution in [2.45, 2.75) is 39.5 Å². The first-order valence-corrected chi connectivity index (χ1v) is 5.71. The summed E-state index contributed by atoms with van der Waals surface area (Å²) in [6.45, 7) is 8.07. The molecule has 0 aromatic carbocycles. The van der Waals surface area contributed by atoms with E-state index < -0.39 is 0 Å². The minimum atomic E-state index is 0.0923. The molecule has 16 heavy (non-hydrogen) atoms. The molecule has 0 aliphatic heterocycles. The van der Waals surface area contributed by atoms with Crippen LogP contribution in [0.1, 0.15) is 39.5 Å². The highest BCUT2D eigenvalue weighted by Gasteiger charge is 2.08. The molecule has 0 saturated heterocycles. The van der Waals surface area contributed by atoms with E-state index in [0.717, 1.165) is 19.3 Å². The zero-order chi connectivity index (χ0) is 12.2. The van der Waals surface area contributed by atoms with Gasteiger partial charge < -0.3 is 0 Å². The molecule has 0 saturated carbocycles. The van der Waals surface area contributed by atoms with Crippen LogP contribution in [0.3, 0.4) is 0 Å². The highest BCUT2D eigenvalue weighted by molar-refractivity contribution is 5.78. The topological polar surface area (TPSA) is 20.3 Å². The van der Waals surface area contributed by atoms with Crippen molar-refractivity contribution in [2.24, 2.45) is 0 Å². The van der Waals surface area contributed by atoms with Gasteiger partial charge in [-0.2, -0.15) is 0 Å². The second-order valence-corrected chi connectivity index (χ2v) is 3.45. The monoisotopic (exact) mass is 219 g/mol. The summed E-state index contributed by atoms with van der Waals surface area (Å²) in [5.74, 6) is 2.87. The molecule has 0 spiro atoms. The molecule has 2 nitrogen and oxygen atoms in total. The molecule has 2 heteroatoms. The van der Waals surface area contributed by atoms with Crippen LogP contribution >= 0.6 is 0 Å². The predicted octanol–water partition coefficient (Wildman–Crippen LogP) is 3.12. The Kier molecular flexibility index (Phi) is 9.11. The van der Waals surface area contributed by atoms with Crippen molar-refractivity contribution < 1.29 is 4.79 Å². The molecule has 0 atom stereocenters. The van der Waals surface area contributed by atoms with Crippen LogP contribution in [0.4, 0.5) is 0 Å². The first kappa shape index (κ1) is 14.5. The summed E-state index contributed by atoms with van der Waals surface area (Å²) in [5.41, 5.74) is 0. The number of rotatable bonds is 7. The summed E-state index contributed by atoms with van der Waals surface area (Å²) in [4.78, 5) is 13.3. The Bertz CT molecular complexity index is 294. The van der Waals surface area contributed by atoms with E-state index in [1.807, 2.05) is 13.0 Å². The fraction of sp³-hybridized carbons (Fsp3) is 0.500. The lowest BCUT2D eigenvalue weighted by Gasteiger charge is -2.14. The highest BCUT2D eigenvalue weighted by Crippen LogP contribution is 2.01. The fourth-order valence-electron chi connectivity index (χ4n) is 1.27. The predicted molar refractivity (Wildman–Crippen MR) is 68.6 cm³/mol. The van der Waals surface area contributed by atoms with Gasteiger partial charge in [0.1, 0.15) is 0 Å². The summed E-state index contributed by atoms with van der Waals surface area (Å²) >= 11 is 0. The maximum atomic E-state index is 11.7. The molecule has 0 fully saturated rings. The average molecular weight is 219 g/mol. The molecule has 0 bridgehead atoms. The summed E-state index contributed by atoms with van der Waals surface area (Å²) in [7, 11) is 0. The highest BCUT2D eigenvalue weighted by atomic mass is 16.2. The van der Waals surface area contributed by atoms with Gasteiger partial charge in [0.25, 0.3) is 0 Å². The van der Waals surface area contributed by atoms with Gasteiger partial charge in [0.2, 0.25) is 5.91 Å². The van der Waals surface area contributed by atoms with Gasteiger partial charge in [-0.05, 0) is 33.1 Å². The summed E-state index contributed by atoms with van der Waals surface area (Å²) in [6, 6.07) is 2.84. The standard InChI is InChI=1S/C14H21NO/c1-4-7-9-10-13-15(12-6-3)14(16)11-8-5-2/h4-5,7H,2,8-11,13H2,1,3H3/b7-4+. The van der Waals surface area contributed by atoms with Crippen LogP contribution in [-0.4, -0.2) is 17.4 Å². The molecular weight excluding hydrogens is 198 g/mol. The molecule has 0 radical (unpaired) electrons. The van der Waals surface area contributed by atoms with Crippen LogP contribution < -0.4 is 0 Å². The normalized spacial score (nSPS) is 9.62. The lowest BCUT2D eigenvalue weighted by atomic mass is 10.2. The Hall–Kier alpha value is -1.49.